The molecule has 112 valence electrons. The number of ether oxygens (including phenoxy) is 1. The van der Waals surface area contributed by atoms with Gasteiger partial charge in [0.2, 0.25) is 0 Å². The van der Waals surface area contributed by atoms with Gasteiger partial charge in [-0.3, -0.25) is 4.79 Å². The molecule has 1 aromatic rings. The fraction of sp³-hybridized carbons (Fsp3) is 0.357. The number of aliphatic carboxylic acids is 1. The maximum atomic E-state index is 11.9. The number of rotatable bonds is 5. The van der Waals surface area contributed by atoms with Gasteiger partial charge in [0, 0.05) is 0 Å². The third-order valence-corrected chi connectivity index (χ3v) is 2.45. The zero-order valence-corrected chi connectivity index (χ0v) is 11.5. The van der Waals surface area contributed by atoms with Crippen molar-refractivity contribution in [2.45, 2.75) is 26.4 Å². The summed E-state index contributed by atoms with van der Waals surface area (Å²) in [5.41, 5.74) is 0.578. The molecule has 0 spiro atoms. The molecule has 1 atom stereocenters. The van der Waals surface area contributed by atoms with Crippen LogP contribution in [0, 0.1) is 28.6 Å². The molecule has 5 nitrogen and oxygen atoms in total. The maximum absolute atomic E-state index is 11.9. The lowest BCUT2D eigenvalue weighted by atomic mass is 9.88. The second kappa shape index (κ2) is 9.27. The third-order valence-electron chi connectivity index (χ3n) is 2.45. The van der Waals surface area contributed by atoms with Crippen molar-refractivity contribution < 1.29 is 23.4 Å². The highest BCUT2D eigenvalue weighted by atomic mass is 19.3. The molecule has 7 heteroatoms. The van der Waals surface area contributed by atoms with Crippen molar-refractivity contribution in [2.75, 3.05) is 0 Å². The molecule has 1 rings (SSSR count). The average molecular weight is 296 g/mol. The summed E-state index contributed by atoms with van der Waals surface area (Å²) in [6.45, 7) is 0.714. The van der Waals surface area contributed by atoms with Gasteiger partial charge in [-0.15, -0.1) is 0 Å². The predicted molar refractivity (Wildman–Crippen MR) is 69.5 cm³/mol. The van der Waals surface area contributed by atoms with E-state index in [1.165, 1.54) is 36.4 Å². The Kier molecular flexibility index (Phi) is 8.09. The van der Waals surface area contributed by atoms with E-state index in [2.05, 4.69) is 4.74 Å². The summed E-state index contributed by atoms with van der Waals surface area (Å²) in [6.07, 6.45) is 0. The van der Waals surface area contributed by atoms with Crippen molar-refractivity contribution in [3.8, 4) is 17.9 Å². The Balaban J connectivity index is 0.000000885. The van der Waals surface area contributed by atoms with Crippen LogP contribution in [-0.4, -0.2) is 17.7 Å². The molecule has 0 amide bonds. The molecule has 0 radical (unpaired) electrons. The van der Waals surface area contributed by atoms with E-state index in [1.807, 2.05) is 0 Å². The van der Waals surface area contributed by atoms with Crippen LogP contribution in [0.2, 0.25) is 0 Å². The summed E-state index contributed by atoms with van der Waals surface area (Å²) in [5.74, 6) is -1.62. The minimum Gasteiger partial charge on any atom is -0.481 e. The molecular formula is C14H14F2N2O3. The van der Waals surface area contributed by atoms with E-state index in [0.29, 0.717) is 5.56 Å². The molecule has 1 N–H and O–H groups in total. The molecule has 0 fully saturated rings. The Labute approximate surface area is 121 Å². The van der Waals surface area contributed by atoms with E-state index < -0.39 is 18.5 Å². The van der Waals surface area contributed by atoms with Crippen LogP contribution >= 0.6 is 0 Å². The van der Waals surface area contributed by atoms with Crippen molar-refractivity contribution >= 4 is 5.97 Å². The number of hydrogen-bond donors (Lipinski definition) is 1. The lowest BCUT2D eigenvalue weighted by Gasteiger charge is -2.16. The van der Waals surface area contributed by atoms with E-state index in [9.17, 15) is 13.6 Å². The fourth-order valence-electron chi connectivity index (χ4n) is 1.67. The first kappa shape index (κ1) is 18.3. The normalized spacial score (nSPS) is 10.9. The number of nitriles is 2. The van der Waals surface area contributed by atoms with E-state index >= 15 is 0 Å². The lowest BCUT2D eigenvalue weighted by molar-refractivity contribution is -0.139. The van der Waals surface area contributed by atoms with Gasteiger partial charge < -0.3 is 9.84 Å². The van der Waals surface area contributed by atoms with Gasteiger partial charge in [-0.1, -0.05) is 26.0 Å². The van der Waals surface area contributed by atoms with Gasteiger partial charge in [0.25, 0.3) is 0 Å². The first-order valence-corrected chi connectivity index (χ1v) is 5.89. The smallest absolute Gasteiger partial charge is 0.387 e. The molecule has 1 unspecified atom stereocenters. The predicted octanol–water partition coefficient (Wildman–Crippen LogP) is 3.15. The van der Waals surface area contributed by atoms with Gasteiger partial charge in [-0.25, -0.2) is 0 Å². The van der Waals surface area contributed by atoms with Crippen molar-refractivity contribution in [1.29, 1.82) is 10.5 Å². The topological polar surface area (TPSA) is 94.1 Å². The molecular weight excluding hydrogens is 282 g/mol. The van der Waals surface area contributed by atoms with Crippen LogP contribution in [-0.2, 0) is 4.79 Å². The Morgan fingerprint density at radius 1 is 1.19 bits per heavy atom. The van der Waals surface area contributed by atoms with E-state index in [1.54, 1.807) is 13.8 Å². The molecule has 0 bridgehead atoms. The number of alkyl halides is 2. The van der Waals surface area contributed by atoms with Gasteiger partial charge in [0.15, 0.2) is 12.1 Å². The standard InChI is InChI=1S/C12H14F2O3.C2N2/c1-7(2)10(11(15)16)8-3-5-9(6-4-8)17-12(13)14;3-1-2-4/h3-7,10,12H,1-2H3,(H,15,16);. The molecule has 0 aliphatic heterocycles. The number of carbonyl (C=O) groups is 1. The summed E-state index contributed by atoms with van der Waals surface area (Å²) < 4.78 is 28.0. The van der Waals surface area contributed by atoms with Crippen LogP contribution in [0.15, 0.2) is 24.3 Å². The third kappa shape index (κ3) is 6.88. The minimum absolute atomic E-state index is 0.0247. The van der Waals surface area contributed by atoms with Gasteiger partial charge in [-0.2, -0.15) is 19.3 Å². The number of benzene rings is 1. The molecule has 21 heavy (non-hydrogen) atoms. The monoisotopic (exact) mass is 296 g/mol. The molecule has 0 aromatic heterocycles. The van der Waals surface area contributed by atoms with E-state index in [0.717, 1.165) is 0 Å². The van der Waals surface area contributed by atoms with Gasteiger partial charge in [0.05, 0.1) is 5.92 Å². The Morgan fingerprint density at radius 2 is 1.67 bits per heavy atom. The van der Waals surface area contributed by atoms with Crippen LogP contribution in [0.1, 0.15) is 25.3 Å². The van der Waals surface area contributed by atoms with Crippen molar-refractivity contribution in [3.63, 3.8) is 0 Å². The highest BCUT2D eigenvalue weighted by Gasteiger charge is 2.23. The maximum Gasteiger partial charge on any atom is 0.387 e. The zero-order chi connectivity index (χ0) is 16.4. The number of nitrogens with zero attached hydrogens (tertiary/aromatic N) is 2. The molecule has 0 aliphatic rings. The van der Waals surface area contributed by atoms with Crippen LogP contribution < -0.4 is 4.74 Å². The number of hydrogen-bond acceptors (Lipinski definition) is 4. The summed E-state index contributed by atoms with van der Waals surface area (Å²) in [5, 5.41) is 23.6. The number of carboxylic acids is 1. The van der Waals surface area contributed by atoms with E-state index in [-0.39, 0.29) is 11.7 Å². The Bertz CT molecular complexity index is 519. The van der Waals surface area contributed by atoms with Crippen LogP contribution in [0.4, 0.5) is 8.78 Å². The Morgan fingerprint density at radius 3 is 1.95 bits per heavy atom. The summed E-state index contributed by atoms with van der Waals surface area (Å²) in [7, 11) is 0. The SMILES string of the molecule is CC(C)C(C(=O)O)c1ccc(OC(F)F)cc1.N#CC#N. The van der Waals surface area contributed by atoms with Gasteiger partial charge in [0.1, 0.15) is 5.75 Å². The molecule has 0 heterocycles. The summed E-state index contributed by atoms with van der Waals surface area (Å²) in [4.78, 5) is 11.1. The first-order valence-electron chi connectivity index (χ1n) is 5.89. The van der Waals surface area contributed by atoms with Crippen LogP contribution in [0.25, 0.3) is 0 Å². The van der Waals surface area contributed by atoms with E-state index in [4.69, 9.17) is 15.6 Å². The molecule has 0 saturated carbocycles. The fourth-order valence-corrected chi connectivity index (χ4v) is 1.67. The molecule has 0 saturated heterocycles. The van der Waals surface area contributed by atoms with Crippen molar-refractivity contribution in [3.05, 3.63) is 29.8 Å². The average Bonchev–Trinajstić information content (AvgIpc) is 2.40. The van der Waals surface area contributed by atoms with Gasteiger partial charge >= 0.3 is 12.6 Å². The van der Waals surface area contributed by atoms with Crippen molar-refractivity contribution in [2.24, 2.45) is 5.92 Å². The largest absolute Gasteiger partial charge is 0.481 e. The Hall–Kier alpha value is -2.67. The van der Waals surface area contributed by atoms with Crippen molar-refractivity contribution in [1.82, 2.24) is 0 Å². The zero-order valence-electron chi connectivity index (χ0n) is 11.5. The minimum atomic E-state index is -2.87. The summed E-state index contributed by atoms with van der Waals surface area (Å²) in [6, 6.07) is 8.16. The van der Waals surface area contributed by atoms with Crippen LogP contribution in [0.5, 0.6) is 5.75 Å². The molecule has 1 aromatic carbocycles. The summed E-state index contributed by atoms with van der Waals surface area (Å²) >= 11 is 0. The molecule has 0 aliphatic carbocycles. The number of carboxylic acid groups (broad SMARTS) is 1. The first-order chi connectivity index (χ1) is 9.83. The van der Waals surface area contributed by atoms with Gasteiger partial charge in [-0.05, 0) is 23.6 Å². The number of halogens is 2. The second-order valence-electron chi connectivity index (χ2n) is 4.23. The highest BCUT2D eigenvalue weighted by Crippen LogP contribution is 2.26. The van der Waals surface area contributed by atoms with Crippen LogP contribution in [0.3, 0.4) is 0 Å². The lowest BCUT2D eigenvalue weighted by Crippen LogP contribution is -2.17. The second-order valence-corrected chi connectivity index (χ2v) is 4.23. The highest BCUT2D eigenvalue weighted by molar-refractivity contribution is 5.76. The quantitative estimate of drug-likeness (QED) is 0.900.